The van der Waals surface area contributed by atoms with Gasteiger partial charge in [0.05, 0.1) is 19.0 Å². The average Bonchev–Trinajstić information content (AvgIpc) is 3.21. The molecule has 0 radical (unpaired) electrons. The van der Waals surface area contributed by atoms with E-state index in [-0.39, 0.29) is 24.2 Å². The summed E-state index contributed by atoms with van der Waals surface area (Å²) < 4.78 is 10.4. The number of esters is 1. The van der Waals surface area contributed by atoms with Gasteiger partial charge >= 0.3 is 5.97 Å². The van der Waals surface area contributed by atoms with Crippen LogP contribution in [0.25, 0.3) is 0 Å². The Balaban J connectivity index is 1.35. The minimum atomic E-state index is -0.380. The second-order valence-electron chi connectivity index (χ2n) is 5.93. The first-order valence-corrected chi connectivity index (χ1v) is 10.7. The maximum Gasteiger partial charge on any atom is 0.316 e. The van der Waals surface area contributed by atoms with E-state index in [4.69, 9.17) is 9.47 Å². The SMILES string of the molecule is O=C(COC(=O)CSCc1cccs1)Nc1ccc(N2CCOCC2)cc1. The molecule has 1 fully saturated rings. The second-order valence-corrected chi connectivity index (χ2v) is 7.95. The minimum absolute atomic E-state index is 0.236. The molecule has 1 amide bonds. The first-order valence-electron chi connectivity index (χ1n) is 8.69. The van der Waals surface area contributed by atoms with E-state index in [9.17, 15) is 9.59 Å². The fraction of sp³-hybridized carbons (Fsp3) is 0.368. The van der Waals surface area contributed by atoms with E-state index in [0.29, 0.717) is 5.69 Å². The Labute approximate surface area is 166 Å². The second kappa shape index (κ2) is 10.3. The fourth-order valence-corrected chi connectivity index (χ4v) is 4.25. The molecule has 0 atom stereocenters. The van der Waals surface area contributed by atoms with Gasteiger partial charge in [-0.05, 0) is 35.7 Å². The number of ether oxygens (including phenoxy) is 2. The van der Waals surface area contributed by atoms with Crippen molar-refractivity contribution < 1.29 is 19.1 Å². The number of rotatable bonds is 8. The fourth-order valence-electron chi connectivity index (χ4n) is 2.59. The molecule has 1 N–H and O–H groups in total. The molecule has 2 heterocycles. The molecule has 1 aliphatic heterocycles. The number of benzene rings is 1. The molecule has 0 aliphatic carbocycles. The quantitative estimate of drug-likeness (QED) is 0.680. The van der Waals surface area contributed by atoms with Crippen molar-refractivity contribution in [3.63, 3.8) is 0 Å². The molecule has 0 spiro atoms. The Kier molecular flexibility index (Phi) is 7.55. The van der Waals surface area contributed by atoms with Gasteiger partial charge in [-0.25, -0.2) is 0 Å². The van der Waals surface area contributed by atoms with Gasteiger partial charge in [-0.1, -0.05) is 6.07 Å². The molecular weight excluding hydrogens is 384 g/mol. The van der Waals surface area contributed by atoms with E-state index in [2.05, 4.69) is 10.2 Å². The van der Waals surface area contributed by atoms with Crippen molar-refractivity contribution in [3.8, 4) is 0 Å². The third kappa shape index (κ3) is 6.57. The Morgan fingerprint density at radius 3 is 2.67 bits per heavy atom. The Bertz CT molecular complexity index is 729. The van der Waals surface area contributed by atoms with Crippen LogP contribution in [0.1, 0.15) is 4.88 Å². The van der Waals surface area contributed by atoms with Crippen LogP contribution in [0.3, 0.4) is 0 Å². The van der Waals surface area contributed by atoms with Gasteiger partial charge in [-0.2, -0.15) is 0 Å². The van der Waals surface area contributed by atoms with Gasteiger partial charge in [0.15, 0.2) is 6.61 Å². The van der Waals surface area contributed by atoms with Crippen molar-refractivity contribution >= 4 is 46.3 Å². The van der Waals surface area contributed by atoms with Gasteiger partial charge in [0, 0.05) is 35.1 Å². The van der Waals surface area contributed by atoms with Crippen molar-refractivity contribution in [2.45, 2.75) is 5.75 Å². The summed E-state index contributed by atoms with van der Waals surface area (Å²) >= 11 is 3.14. The Morgan fingerprint density at radius 2 is 1.96 bits per heavy atom. The van der Waals surface area contributed by atoms with Gasteiger partial charge < -0.3 is 19.7 Å². The summed E-state index contributed by atoms with van der Waals surface area (Å²) in [6.45, 7) is 2.92. The number of hydrogen-bond donors (Lipinski definition) is 1. The summed E-state index contributed by atoms with van der Waals surface area (Å²) in [6.07, 6.45) is 0. The molecule has 1 saturated heterocycles. The molecule has 0 unspecified atom stereocenters. The third-order valence-corrected chi connectivity index (χ3v) is 5.95. The predicted octanol–water partition coefficient (Wildman–Crippen LogP) is 3.00. The van der Waals surface area contributed by atoms with Gasteiger partial charge in [-0.15, -0.1) is 23.1 Å². The number of carbonyl (C=O) groups excluding carboxylic acids is 2. The third-order valence-electron chi connectivity index (χ3n) is 3.94. The van der Waals surface area contributed by atoms with Crippen molar-refractivity contribution in [3.05, 3.63) is 46.7 Å². The summed E-state index contributed by atoms with van der Waals surface area (Å²) in [5, 5.41) is 4.75. The first-order chi connectivity index (χ1) is 13.2. The van der Waals surface area contributed by atoms with Crippen molar-refractivity contribution in [1.82, 2.24) is 0 Å². The molecule has 27 heavy (non-hydrogen) atoms. The zero-order chi connectivity index (χ0) is 18.9. The molecule has 0 saturated carbocycles. The van der Waals surface area contributed by atoms with Crippen LogP contribution >= 0.6 is 23.1 Å². The summed E-state index contributed by atoms with van der Waals surface area (Å²) in [5.74, 6) is 0.286. The standard InChI is InChI=1S/C19H22N2O4S2/c22-18(12-25-19(23)14-26-13-17-2-1-11-27-17)20-15-3-5-16(6-4-15)21-7-9-24-10-8-21/h1-6,11H,7-10,12-14H2,(H,20,22). The highest BCUT2D eigenvalue weighted by Gasteiger charge is 2.12. The number of nitrogens with one attached hydrogen (secondary N) is 1. The highest BCUT2D eigenvalue weighted by molar-refractivity contribution is 7.99. The van der Waals surface area contributed by atoms with Gasteiger partial charge in [0.2, 0.25) is 0 Å². The van der Waals surface area contributed by atoms with Crippen molar-refractivity contribution in [2.75, 3.05) is 48.9 Å². The van der Waals surface area contributed by atoms with Crippen molar-refractivity contribution in [2.24, 2.45) is 0 Å². The topological polar surface area (TPSA) is 67.9 Å². The highest BCUT2D eigenvalue weighted by atomic mass is 32.2. The molecule has 2 aromatic rings. The maximum absolute atomic E-state index is 11.9. The van der Waals surface area contributed by atoms with Crippen molar-refractivity contribution in [1.29, 1.82) is 0 Å². The lowest BCUT2D eigenvalue weighted by molar-refractivity contribution is -0.144. The van der Waals surface area contributed by atoms with Crippen LogP contribution in [0.2, 0.25) is 0 Å². The van der Waals surface area contributed by atoms with Crippen LogP contribution in [0.15, 0.2) is 41.8 Å². The normalized spacial score (nSPS) is 14.0. The summed E-state index contributed by atoms with van der Waals surface area (Å²) in [5.41, 5.74) is 1.78. The lowest BCUT2D eigenvalue weighted by atomic mass is 10.2. The lowest BCUT2D eigenvalue weighted by Crippen LogP contribution is -2.36. The zero-order valence-electron chi connectivity index (χ0n) is 14.9. The highest BCUT2D eigenvalue weighted by Crippen LogP contribution is 2.19. The number of anilines is 2. The average molecular weight is 407 g/mol. The number of amides is 1. The minimum Gasteiger partial charge on any atom is -0.455 e. The largest absolute Gasteiger partial charge is 0.455 e. The van der Waals surface area contributed by atoms with Gasteiger partial charge in [0.25, 0.3) is 5.91 Å². The number of carbonyl (C=O) groups is 2. The molecule has 144 valence electrons. The van der Waals surface area contributed by atoms with Crippen LogP contribution in [0.5, 0.6) is 0 Å². The van der Waals surface area contributed by atoms with E-state index in [0.717, 1.165) is 37.7 Å². The summed E-state index contributed by atoms with van der Waals surface area (Å²) in [6, 6.07) is 11.6. The molecule has 8 heteroatoms. The Hall–Kier alpha value is -2.03. The van der Waals surface area contributed by atoms with E-state index in [1.165, 1.54) is 16.6 Å². The number of hydrogen-bond acceptors (Lipinski definition) is 7. The summed E-state index contributed by atoms with van der Waals surface area (Å²) in [7, 11) is 0. The maximum atomic E-state index is 11.9. The van der Waals surface area contributed by atoms with Crippen LogP contribution in [-0.4, -0.2) is 50.5 Å². The predicted molar refractivity (Wildman–Crippen MR) is 110 cm³/mol. The number of morpholine rings is 1. The first kappa shape index (κ1) is 19.7. The molecule has 1 aliphatic rings. The van der Waals surface area contributed by atoms with E-state index < -0.39 is 0 Å². The monoisotopic (exact) mass is 406 g/mol. The van der Waals surface area contributed by atoms with Crippen LogP contribution in [-0.2, 0) is 24.8 Å². The molecule has 3 rings (SSSR count). The van der Waals surface area contributed by atoms with Crippen LogP contribution in [0, 0.1) is 0 Å². The van der Waals surface area contributed by atoms with Gasteiger partial charge in [0.1, 0.15) is 0 Å². The zero-order valence-corrected chi connectivity index (χ0v) is 16.5. The van der Waals surface area contributed by atoms with Crippen LogP contribution < -0.4 is 10.2 Å². The molecular formula is C19H22N2O4S2. The smallest absolute Gasteiger partial charge is 0.316 e. The number of thiophene rings is 1. The van der Waals surface area contributed by atoms with E-state index >= 15 is 0 Å². The van der Waals surface area contributed by atoms with E-state index in [1.54, 1.807) is 11.3 Å². The lowest BCUT2D eigenvalue weighted by Gasteiger charge is -2.28. The number of nitrogens with zero attached hydrogens (tertiary/aromatic N) is 1. The molecule has 1 aromatic carbocycles. The molecule has 1 aromatic heterocycles. The molecule has 6 nitrogen and oxygen atoms in total. The summed E-state index contributed by atoms with van der Waals surface area (Å²) in [4.78, 5) is 27.1. The van der Waals surface area contributed by atoms with E-state index in [1.807, 2.05) is 41.8 Å². The Morgan fingerprint density at radius 1 is 1.19 bits per heavy atom. The van der Waals surface area contributed by atoms with Crippen LogP contribution in [0.4, 0.5) is 11.4 Å². The molecule has 0 bridgehead atoms. The number of thioether (sulfide) groups is 1. The van der Waals surface area contributed by atoms with Gasteiger partial charge in [-0.3, -0.25) is 9.59 Å².